The van der Waals surface area contributed by atoms with E-state index in [1.54, 1.807) is 23.1 Å². The summed E-state index contributed by atoms with van der Waals surface area (Å²) in [6.07, 6.45) is 0.564. The normalized spacial score (nSPS) is 17.2. The number of likely N-dealkylation sites (tertiary alicyclic amines) is 2. The van der Waals surface area contributed by atoms with Gasteiger partial charge in [0.15, 0.2) is 0 Å². The highest BCUT2D eigenvalue weighted by Crippen LogP contribution is 2.25. The highest BCUT2D eigenvalue weighted by molar-refractivity contribution is 6.03. The second kappa shape index (κ2) is 7.23. The molecule has 2 aromatic rings. The van der Waals surface area contributed by atoms with Crippen LogP contribution in [0.3, 0.4) is 0 Å². The van der Waals surface area contributed by atoms with Crippen LogP contribution in [0.4, 0.5) is 0 Å². The first kappa shape index (κ1) is 17.3. The maximum atomic E-state index is 12.7. The van der Waals surface area contributed by atoms with Crippen molar-refractivity contribution in [3.8, 4) is 5.75 Å². The smallest absolute Gasteiger partial charge is 0.254 e. The number of benzene rings is 2. The van der Waals surface area contributed by atoms with E-state index in [4.69, 9.17) is 4.74 Å². The molecule has 0 bridgehead atoms. The third-order valence-electron chi connectivity index (χ3n) is 4.93. The second-order valence-electron chi connectivity index (χ2n) is 6.82. The Labute approximate surface area is 157 Å². The molecule has 2 heterocycles. The highest BCUT2D eigenvalue weighted by Gasteiger charge is 2.42. The Hall–Kier alpha value is -3.15. The molecule has 0 saturated carbocycles. The van der Waals surface area contributed by atoms with Gasteiger partial charge in [-0.1, -0.05) is 36.4 Å². The summed E-state index contributed by atoms with van der Waals surface area (Å²) in [5.41, 5.74) is 1.60. The zero-order chi connectivity index (χ0) is 18.8. The second-order valence-corrected chi connectivity index (χ2v) is 6.82. The van der Waals surface area contributed by atoms with Crippen molar-refractivity contribution in [3.63, 3.8) is 0 Å². The van der Waals surface area contributed by atoms with E-state index in [1.165, 1.54) is 4.90 Å². The molecular weight excluding hydrogens is 344 g/mol. The summed E-state index contributed by atoms with van der Waals surface area (Å²) in [5, 5.41) is 0. The van der Waals surface area contributed by atoms with Crippen molar-refractivity contribution in [1.29, 1.82) is 0 Å². The minimum absolute atomic E-state index is 0.115. The van der Waals surface area contributed by atoms with Crippen molar-refractivity contribution in [3.05, 3.63) is 65.7 Å². The lowest BCUT2D eigenvalue weighted by molar-refractivity contribution is -0.144. The fourth-order valence-electron chi connectivity index (χ4n) is 3.43. The lowest BCUT2D eigenvalue weighted by Crippen LogP contribution is -2.62. The zero-order valence-corrected chi connectivity index (χ0v) is 14.8. The highest BCUT2D eigenvalue weighted by atomic mass is 16.5. The number of amides is 3. The Morgan fingerprint density at radius 2 is 1.67 bits per heavy atom. The Bertz CT molecular complexity index is 859. The van der Waals surface area contributed by atoms with Crippen LogP contribution in [0.5, 0.6) is 5.75 Å². The van der Waals surface area contributed by atoms with Crippen molar-refractivity contribution in [1.82, 2.24) is 9.80 Å². The molecule has 0 unspecified atom stereocenters. The maximum absolute atomic E-state index is 12.7. The van der Waals surface area contributed by atoms with Crippen LogP contribution in [0, 0.1) is 0 Å². The molecule has 0 aromatic heterocycles. The van der Waals surface area contributed by atoms with Gasteiger partial charge >= 0.3 is 0 Å². The molecule has 6 heteroatoms. The number of ether oxygens (including phenoxy) is 1. The van der Waals surface area contributed by atoms with Gasteiger partial charge in [-0.05, 0) is 23.8 Å². The molecular formula is C21H20N2O4. The molecule has 3 amide bonds. The van der Waals surface area contributed by atoms with Gasteiger partial charge in [-0.2, -0.15) is 0 Å². The number of nitrogens with zero attached hydrogens (tertiary/aromatic N) is 2. The number of imide groups is 1. The molecule has 0 aliphatic carbocycles. The Morgan fingerprint density at radius 3 is 2.37 bits per heavy atom. The number of hydrogen-bond donors (Lipinski definition) is 0. The molecule has 2 aromatic carbocycles. The van der Waals surface area contributed by atoms with Crippen molar-refractivity contribution >= 4 is 17.7 Å². The van der Waals surface area contributed by atoms with Gasteiger partial charge in [-0.3, -0.25) is 19.3 Å². The average Bonchev–Trinajstić information content (AvgIpc) is 2.99. The third kappa shape index (κ3) is 3.56. The van der Waals surface area contributed by atoms with Gasteiger partial charge in [0.2, 0.25) is 11.8 Å². The van der Waals surface area contributed by atoms with E-state index in [1.807, 2.05) is 36.4 Å². The minimum Gasteiger partial charge on any atom is -0.489 e. The maximum Gasteiger partial charge on any atom is 0.254 e. The predicted octanol–water partition coefficient (Wildman–Crippen LogP) is 2.24. The summed E-state index contributed by atoms with van der Waals surface area (Å²) in [5.74, 6) is 0.254. The quantitative estimate of drug-likeness (QED) is 0.763. The number of carbonyl (C=O) groups is 3. The van der Waals surface area contributed by atoms with Gasteiger partial charge in [0, 0.05) is 31.5 Å². The summed E-state index contributed by atoms with van der Waals surface area (Å²) >= 11 is 0. The molecule has 2 aliphatic heterocycles. The lowest BCUT2D eigenvalue weighted by atomic mass is 10.0. The molecule has 0 atom stereocenters. The number of carbonyl (C=O) groups excluding carboxylic acids is 3. The Balaban J connectivity index is 1.36. The monoisotopic (exact) mass is 364 g/mol. The molecule has 2 saturated heterocycles. The van der Waals surface area contributed by atoms with Gasteiger partial charge < -0.3 is 9.64 Å². The fraction of sp³-hybridized carbons (Fsp3) is 0.286. The molecule has 2 aliphatic rings. The van der Waals surface area contributed by atoms with E-state index < -0.39 is 0 Å². The van der Waals surface area contributed by atoms with E-state index in [2.05, 4.69) is 0 Å². The van der Waals surface area contributed by atoms with E-state index in [-0.39, 0.29) is 36.6 Å². The van der Waals surface area contributed by atoms with Gasteiger partial charge in [-0.25, -0.2) is 0 Å². The minimum atomic E-state index is -0.186. The van der Waals surface area contributed by atoms with Crippen LogP contribution in [0.25, 0.3) is 0 Å². The van der Waals surface area contributed by atoms with Gasteiger partial charge in [0.25, 0.3) is 5.91 Å². The molecule has 2 fully saturated rings. The molecule has 138 valence electrons. The van der Waals surface area contributed by atoms with Crippen LogP contribution in [-0.4, -0.2) is 46.7 Å². The average molecular weight is 364 g/mol. The van der Waals surface area contributed by atoms with Crippen molar-refractivity contribution in [2.45, 2.75) is 25.5 Å². The van der Waals surface area contributed by atoms with Crippen LogP contribution < -0.4 is 4.74 Å². The molecule has 6 nitrogen and oxygen atoms in total. The first-order chi connectivity index (χ1) is 13.1. The van der Waals surface area contributed by atoms with Crippen LogP contribution in [-0.2, 0) is 16.2 Å². The molecule has 27 heavy (non-hydrogen) atoms. The number of hydrogen-bond acceptors (Lipinski definition) is 4. The first-order valence-electron chi connectivity index (χ1n) is 9.03. The predicted molar refractivity (Wildman–Crippen MR) is 98.0 cm³/mol. The van der Waals surface area contributed by atoms with Gasteiger partial charge in [0.05, 0.1) is 6.04 Å². The first-order valence-corrected chi connectivity index (χ1v) is 9.03. The molecule has 4 rings (SSSR count). The van der Waals surface area contributed by atoms with Gasteiger partial charge in [0.1, 0.15) is 12.4 Å². The summed E-state index contributed by atoms with van der Waals surface area (Å²) < 4.78 is 5.78. The van der Waals surface area contributed by atoms with Crippen LogP contribution in [0.2, 0.25) is 0 Å². The van der Waals surface area contributed by atoms with E-state index >= 15 is 0 Å². The molecule has 0 radical (unpaired) electrons. The topological polar surface area (TPSA) is 66.9 Å². The van der Waals surface area contributed by atoms with Crippen molar-refractivity contribution < 1.29 is 19.1 Å². The zero-order valence-electron chi connectivity index (χ0n) is 14.8. The molecule has 0 spiro atoms. The summed E-state index contributed by atoms with van der Waals surface area (Å²) in [4.78, 5) is 39.2. The Morgan fingerprint density at radius 1 is 0.963 bits per heavy atom. The third-order valence-corrected chi connectivity index (χ3v) is 4.93. The summed E-state index contributed by atoms with van der Waals surface area (Å²) in [6.45, 7) is 1.22. The lowest BCUT2D eigenvalue weighted by Gasteiger charge is -2.43. The van der Waals surface area contributed by atoms with Crippen molar-refractivity contribution in [2.24, 2.45) is 0 Å². The van der Waals surface area contributed by atoms with E-state index in [0.717, 1.165) is 5.56 Å². The summed E-state index contributed by atoms with van der Waals surface area (Å²) in [7, 11) is 0. The van der Waals surface area contributed by atoms with Crippen LogP contribution in [0.15, 0.2) is 54.6 Å². The van der Waals surface area contributed by atoms with E-state index in [0.29, 0.717) is 31.0 Å². The van der Waals surface area contributed by atoms with Crippen molar-refractivity contribution in [2.75, 3.05) is 13.1 Å². The van der Waals surface area contributed by atoms with E-state index in [9.17, 15) is 14.4 Å². The fourth-order valence-corrected chi connectivity index (χ4v) is 3.43. The molecule has 0 N–H and O–H groups in total. The van der Waals surface area contributed by atoms with Gasteiger partial charge in [-0.15, -0.1) is 0 Å². The standard InChI is InChI=1S/C21H20N2O4/c24-19-9-10-20(25)23(19)17-12-22(13-17)21(26)16-7-4-8-18(11-16)27-14-15-5-2-1-3-6-15/h1-8,11,17H,9-10,12-14H2. The van der Waals surface area contributed by atoms with Crippen LogP contribution in [0.1, 0.15) is 28.8 Å². The number of rotatable bonds is 5. The largest absolute Gasteiger partial charge is 0.489 e. The van der Waals surface area contributed by atoms with Crippen LogP contribution >= 0.6 is 0 Å². The SMILES string of the molecule is O=C(c1cccc(OCc2ccccc2)c1)N1CC(N2C(=O)CCC2=O)C1. The summed E-state index contributed by atoms with van der Waals surface area (Å²) in [6, 6.07) is 16.7. The Kier molecular flexibility index (Phi) is 4.62.